The van der Waals surface area contributed by atoms with Gasteiger partial charge in [0.15, 0.2) is 0 Å². The molecule has 11 aromatic carbocycles. The van der Waals surface area contributed by atoms with Crippen molar-refractivity contribution in [2.75, 3.05) is 0 Å². The lowest BCUT2D eigenvalue weighted by atomic mass is 9.49. The van der Waals surface area contributed by atoms with Gasteiger partial charge in [-0.05, 0) is 144 Å². The Morgan fingerprint density at radius 1 is 0.328 bits per heavy atom. The second-order valence-corrected chi connectivity index (χ2v) is 20.3. The van der Waals surface area contributed by atoms with E-state index in [-0.39, 0.29) is 16.2 Å². The quantitative estimate of drug-likeness (QED) is 0.125. The van der Waals surface area contributed by atoms with Crippen LogP contribution < -0.4 is 0 Å². The van der Waals surface area contributed by atoms with Gasteiger partial charge in [0.25, 0.3) is 0 Å². The summed E-state index contributed by atoms with van der Waals surface area (Å²) in [6.07, 6.45) is 0. The third kappa shape index (κ3) is 4.79. The predicted molar refractivity (Wildman–Crippen MR) is 275 cm³/mol. The Balaban J connectivity index is 1.08. The predicted octanol–water partition coefficient (Wildman–Crippen LogP) is 18.2. The average molecular weight is 821 g/mol. The van der Waals surface area contributed by atoms with E-state index in [9.17, 15) is 0 Å². The lowest BCUT2D eigenvalue weighted by Crippen LogP contribution is -2.50. The molecule has 306 valence electrons. The van der Waals surface area contributed by atoms with Gasteiger partial charge in [0.05, 0.1) is 0 Å². The van der Waals surface area contributed by atoms with Crippen LogP contribution in [0, 0.1) is 10.8 Å². The van der Waals surface area contributed by atoms with Crippen molar-refractivity contribution in [3.8, 4) is 33.4 Å². The second-order valence-electron chi connectivity index (χ2n) is 20.3. The van der Waals surface area contributed by atoms with Gasteiger partial charge in [-0.3, -0.25) is 0 Å². The molecular weight excluding hydrogens is 773 g/mol. The van der Waals surface area contributed by atoms with Crippen molar-refractivity contribution >= 4 is 86.6 Å². The number of furan rings is 1. The van der Waals surface area contributed by atoms with Gasteiger partial charge in [-0.1, -0.05) is 199 Å². The minimum atomic E-state index is -0.302. The van der Waals surface area contributed by atoms with Gasteiger partial charge in [-0.15, -0.1) is 0 Å². The molecule has 0 aliphatic heterocycles. The summed E-state index contributed by atoms with van der Waals surface area (Å²) in [5, 5.41) is 17.7. The highest BCUT2D eigenvalue weighted by molar-refractivity contribution is 6.25. The van der Waals surface area contributed by atoms with E-state index in [4.69, 9.17) is 4.42 Å². The van der Waals surface area contributed by atoms with E-state index in [1.165, 1.54) is 115 Å². The molecule has 1 heteroatoms. The molecule has 0 bridgehead atoms. The van der Waals surface area contributed by atoms with E-state index < -0.39 is 0 Å². The Morgan fingerprint density at radius 2 is 0.797 bits per heavy atom. The average Bonchev–Trinajstić information content (AvgIpc) is 3.86. The van der Waals surface area contributed by atoms with Crippen molar-refractivity contribution in [3.63, 3.8) is 0 Å². The van der Waals surface area contributed by atoms with Crippen molar-refractivity contribution in [2.45, 2.75) is 47.0 Å². The third-order valence-electron chi connectivity index (χ3n) is 15.1. The topological polar surface area (TPSA) is 13.1 Å². The molecule has 1 aromatic heterocycles. The number of fused-ring (bicyclic) bond motifs is 17. The minimum Gasteiger partial charge on any atom is -0.456 e. The molecule has 12 aromatic rings. The Labute approximate surface area is 373 Å². The highest BCUT2D eigenvalue weighted by atomic mass is 16.3. The summed E-state index contributed by atoms with van der Waals surface area (Å²) in [7, 11) is 0. The normalized spacial score (nSPS) is 13.9. The van der Waals surface area contributed by atoms with E-state index in [2.05, 4.69) is 224 Å². The minimum absolute atomic E-state index is 0.121. The Morgan fingerprint density at radius 3 is 1.41 bits per heavy atom. The zero-order valence-electron chi connectivity index (χ0n) is 37.2. The maximum atomic E-state index is 6.47. The molecule has 13 rings (SSSR count). The molecule has 0 N–H and O–H groups in total. The van der Waals surface area contributed by atoms with E-state index >= 15 is 0 Å². The van der Waals surface area contributed by atoms with Crippen LogP contribution >= 0.6 is 0 Å². The van der Waals surface area contributed by atoms with Crippen LogP contribution in [0.25, 0.3) is 120 Å². The van der Waals surface area contributed by atoms with Gasteiger partial charge in [-0.25, -0.2) is 0 Å². The first-order valence-electron chi connectivity index (χ1n) is 22.8. The Hall–Kier alpha value is -7.22. The standard InChI is InChI=1S/C63H48O/c1-61(2,3)63(62(4,5)6)59-42-31-28-39(35-38(42)27-32-51(59)58-45-21-11-9-19-43(45)44-20-10-16-26-50(44)60(58)63)55-46-22-12-14-24-48(46)56(49-25-15-13-23-47(49)55)40-30-33-53-52(36-40)57-41-18-8-7-17-37(41)29-34-54(57)64-53/h7-36H,1-6H3. The first-order valence-corrected chi connectivity index (χ1v) is 22.8. The molecule has 0 radical (unpaired) electrons. The van der Waals surface area contributed by atoms with E-state index in [0.717, 1.165) is 16.6 Å². The molecule has 0 atom stereocenters. The summed E-state index contributed by atoms with van der Waals surface area (Å²) >= 11 is 0. The lowest BCUT2D eigenvalue weighted by molar-refractivity contribution is 0.0977. The van der Waals surface area contributed by atoms with Crippen LogP contribution in [-0.4, -0.2) is 0 Å². The molecule has 0 saturated carbocycles. The van der Waals surface area contributed by atoms with Crippen LogP contribution in [0.4, 0.5) is 0 Å². The zero-order chi connectivity index (χ0) is 43.3. The fourth-order valence-electron chi connectivity index (χ4n) is 13.1. The number of rotatable bonds is 2. The molecule has 0 spiro atoms. The second kappa shape index (κ2) is 12.9. The highest BCUT2D eigenvalue weighted by Gasteiger charge is 2.59. The van der Waals surface area contributed by atoms with Gasteiger partial charge in [0, 0.05) is 16.2 Å². The van der Waals surface area contributed by atoms with Crippen LogP contribution in [0.3, 0.4) is 0 Å². The smallest absolute Gasteiger partial charge is 0.136 e. The molecule has 1 heterocycles. The van der Waals surface area contributed by atoms with Crippen LogP contribution in [0.2, 0.25) is 0 Å². The highest BCUT2D eigenvalue weighted by Crippen LogP contribution is 2.68. The number of hydrogen-bond acceptors (Lipinski definition) is 1. The summed E-state index contributed by atoms with van der Waals surface area (Å²) in [5.74, 6) is 0. The maximum absolute atomic E-state index is 6.47. The molecule has 0 saturated heterocycles. The third-order valence-corrected chi connectivity index (χ3v) is 15.1. The van der Waals surface area contributed by atoms with Crippen molar-refractivity contribution in [3.05, 3.63) is 193 Å². The van der Waals surface area contributed by atoms with Crippen LogP contribution in [0.1, 0.15) is 52.7 Å². The van der Waals surface area contributed by atoms with Crippen LogP contribution in [0.5, 0.6) is 0 Å². The van der Waals surface area contributed by atoms with Crippen LogP contribution in [-0.2, 0) is 5.41 Å². The van der Waals surface area contributed by atoms with Gasteiger partial charge < -0.3 is 4.42 Å². The summed E-state index contributed by atoms with van der Waals surface area (Å²) in [5.41, 5.74) is 12.0. The zero-order valence-corrected chi connectivity index (χ0v) is 37.2. The summed E-state index contributed by atoms with van der Waals surface area (Å²) in [6.45, 7) is 14.9. The SMILES string of the molecule is CC(C)(C)C1(C(C)(C)C)c2c(ccc3cc(-c4c5ccccc5c(-c5ccc6oc7ccc8ccccc8c7c6c5)c5ccccc45)ccc23)-c2c1c1ccccc1c1ccccc21. The number of benzene rings is 11. The van der Waals surface area contributed by atoms with Crippen LogP contribution in [0.15, 0.2) is 186 Å². The molecule has 0 amide bonds. The van der Waals surface area contributed by atoms with Crippen molar-refractivity contribution in [2.24, 2.45) is 10.8 Å². The molecule has 0 fully saturated rings. The first kappa shape index (κ1) is 37.3. The van der Waals surface area contributed by atoms with E-state index in [0.29, 0.717) is 0 Å². The molecule has 0 unspecified atom stereocenters. The van der Waals surface area contributed by atoms with E-state index in [1.54, 1.807) is 0 Å². The van der Waals surface area contributed by atoms with Crippen molar-refractivity contribution in [1.82, 2.24) is 0 Å². The maximum Gasteiger partial charge on any atom is 0.136 e. The molecule has 64 heavy (non-hydrogen) atoms. The van der Waals surface area contributed by atoms with Gasteiger partial charge in [0.1, 0.15) is 11.2 Å². The largest absolute Gasteiger partial charge is 0.456 e. The monoisotopic (exact) mass is 820 g/mol. The van der Waals surface area contributed by atoms with Gasteiger partial charge >= 0.3 is 0 Å². The number of hydrogen-bond donors (Lipinski definition) is 0. The Kier molecular flexibility index (Phi) is 7.54. The summed E-state index contributed by atoms with van der Waals surface area (Å²) < 4.78 is 6.47. The molecule has 1 aliphatic rings. The summed E-state index contributed by atoms with van der Waals surface area (Å²) in [4.78, 5) is 0. The molecular formula is C63H48O. The van der Waals surface area contributed by atoms with Crippen molar-refractivity contribution in [1.29, 1.82) is 0 Å². The fraction of sp³-hybridized carbons (Fsp3) is 0.143. The fourth-order valence-corrected chi connectivity index (χ4v) is 13.1. The lowest BCUT2D eigenvalue weighted by Gasteiger charge is -2.54. The first-order chi connectivity index (χ1) is 31.0. The van der Waals surface area contributed by atoms with Gasteiger partial charge in [0.2, 0.25) is 0 Å². The van der Waals surface area contributed by atoms with Gasteiger partial charge in [-0.2, -0.15) is 0 Å². The van der Waals surface area contributed by atoms with E-state index in [1.807, 2.05) is 0 Å². The molecule has 1 aliphatic carbocycles. The molecule has 1 nitrogen and oxygen atoms in total. The Bertz CT molecular complexity index is 3900. The summed E-state index contributed by atoms with van der Waals surface area (Å²) in [6, 6.07) is 68.2. The van der Waals surface area contributed by atoms with Crippen molar-refractivity contribution < 1.29 is 4.42 Å².